The molecule has 4 rings (SSSR count). The van der Waals surface area contributed by atoms with Crippen LogP contribution < -0.4 is 15.4 Å². The number of carbonyl (C=O) groups excluding carboxylic acids is 1. The van der Waals surface area contributed by atoms with E-state index < -0.39 is 0 Å². The molecular formula is C16H16N4O2S. The first kappa shape index (κ1) is 14.2. The highest BCUT2D eigenvalue weighted by molar-refractivity contribution is 7.15. The van der Waals surface area contributed by atoms with Crippen LogP contribution in [0.5, 0.6) is 5.75 Å². The van der Waals surface area contributed by atoms with Gasteiger partial charge in [0.15, 0.2) is 11.6 Å². The second-order valence-corrected chi connectivity index (χ2v) is 6.14. The largest absolute Gasteiger partial charge is 0.482 e. The Balaban J connectivity index is 1.88. The fourth-order valence-corrected chi connectivity index (χ4v) is 3.81. The van der Waals surface area contributed by atoms with Gasteiger partial charge in [-0.2, -0.15) is 0 Å². The average Bonchev–Trinajstić information content (AvgIpc) is 3.15. The van der Waals surface area contributed by atoms with Crippen LogP contribution in [-0.2, 0) is 11.3 Å². The smallest absolute Gasteiger partial charge is 0.265 e. The lowest BCUT2D eigenvalue weighted by Gasteiger charge is -2.28. The van der Waals surface area contributed by atoms with E-state index in [1.54, 1.807) is 22.4 Å². The molecule has 3 aromatic rings. The van der Waals surface area contributed by atoms with Crippen LogP contribution in [0.3, 0.4) is 0 Å². The van der Waals surface area contributed by atoms with E-state index in [0.717, 1.165) is 33.3 Å². The summed E-state index contributed by atoms with van der Waals surface area (Å²) in [5, 5.41) is 2.06. The molecule has 0 saturated carbocycles. The molecule has 1 aliphatic rings. The van der Waals surface area contributed by atoms with Crippen molar-refractivity contribution in [1.82, 2.24) is 9.38 Å². The van der Waals surface area contributed by atoms with Gasteiger partial charge < -0.3 is 15.4 Å². The number of anilines is 1. The topological polar surface area (TPSA) is 72.9 Å². The third kappa shape index (κ3) is 2.12. The zero-order valence-electron chi connectivity index (χ0n) is 12.7. The van der Waals surface area contributed by atoms with Crippen LogP contribution in [0.25, 0.3) is 16.2 Å². The van der Waals surface area contributed by atoms with Gasteiger partial charge in [0.1, 0.15) is 5.75 Å². The number of benzene rings is 1. The van der Waals surface area contributed by atoms with Gasteiger partial charge >= 0.3 is 0 Å². The molecule has 3 heterocycles. The molecule has 1 aliphatic heterocycles. The summed E-state index contributed by atoms with van der Waals surface area (Å²) < 4.78 is 7.59. The number of amides is 1. The summed E-state index contributed by atoms with van der Waals surface area (Å²) in [5.41, 5.74) is 9.63. The minimum Gasteiger partial charge on any atom is -0.482 e. The summed E-state index contributed by atoms with van der Waals surface area (Å²) in [6.45, 7) is 3.11. The van der Waals surface area contributed by atoms with Crippen molar-refractivity contribution in [3.63, 3.8) is 0 Å². The van der Waals surface area contributed by atoms with Gasteiger partial charge in [0.2, 0.25) is 0 Å². The van der Waals surface area contributed by atoms with Crippen LogP contribution in [0.2, 0.25) is 0 Å². The first-order valence-corrected chi connectivity index (χ1v) is 8.32. The summed E-state index contributed by atoms with van der Waals surface area (Å²) in [6.07, 6.45) is 1.80. The van der Waals surface area contributed by atoms with E-state index in [2.05, 4.69) is 14.8 Å². The number of nitrogens with zero attached hydrogens (tertiary/aromatic N) is 3. The number of nitrogens with two attached hydrogens (primary N) is 1. The van der Waals surface area contributed by atoms with Crippen LogP contribution >= 0.6 is 11.3 Å². The van der Waals surface area contributed by atoms with E-state index in [1.165, 1.54) is 0 Å². The number of hydrogen-bond acceptors (Lipinski definition) is 5. The Bertz CT molecular complexity index is 899. The van der Waals surface area contributed by atoms with Gasteiger partial charge in [-0.1, -0.05) is 0 Å². The van der Waals surface area contributed by atoms with Crippen LogP contribution in [0.4, 0.5) is 5.69 Å². The molecule has 23 heavy (non-hydrogen) atoms. The Labute approximate surface area is 137 Å². The lowest BCUT2D eigenvalue weighted by molar-refractivity contribution is -0.121. The standard InChI is InChI=1S/C16H16N4O2S/c1-2-19-12-5-10(3-4-14(12)22-8-15(19)21)13-9-23-16-18-7-11(6-17)20(13)16/h3-5,7,9H,2,6,8,17H2,1H3. The number of imidazole rings is 1. The summed E-state index contributed by atoms with van der Waals surface area (Å²) in [4.78, 5) is 19.1. The first-order chi connectivity index (χ1) is 11.2. The molecule has 0 bridgehead atoms. The van der Waals surface area contributed by atoms with Crippen molar-refractivity contribution < 1.29 is 9.53 Å². The van der Waals surface area contributed by atoms with E-state index in [-0.39, 0.29) is 12.5 Å². The zero-order chi connectivity index (χ0) is 16.0. The summed E-state index contributed by atoms with van der Waals surface area (Å²) >= 11 is 1.57. The van der Waals surface area contributed by atoms with Crippen molar-refractivity contribution >= 4 is 27.9 Å². The summed E-state index contributed by atoms with van der Waals surface area (Å²) in [6, 6.07) is 5.92. The molecule has 6 nitrogen and oxygen atoms in total. The quantitative estimate of drug-likeness (QED) is 0.800. The van der Waals surface area contributed by atoms with Gasteiger partial charge in [-0.3, -0.25) is 9.20 Å². The Kier molecular flexibility index (Phi) is 3.32. The normalized spacial score (nSPS) is 14.2. The number of ether oxygens (including phenoxy) is 1. The Morgan fingerprint density at radius 1 is 1.43 bits per heavy atom. The van der Waals surface area contributed by atoms with Crippen molar-refractivity contribution in [2.75, 3.05) is 18.1 Å². The number of likely N-dealkylation sites (N-methyl/N-ethyl adjacent to an activating group) is 1. The van der Waals surface area contributed by atoms with E-state index in [0.29, 0.717) is 13.1 Å². The number of carbonyl (C=O) groups is 1. The average molecular weight is 328 g/mol. The highest BCUT2D eigenvalue weighted by Crippen LogP contribution is 2.37. The molecule has 118 valence electrons. The number of fused-ring (bicyclic) bond motifs is 2. The molecule has 0 saturated heterocycles. The molecule has 1 amide bonds. The minimum atomic E-state index is -0.0158. The molecule has 0 fully saturated rings. The molecule has 0 aliphatic carbocycles. The zero-order valence-corrected chi connectivity index (χ0v) is 13.5. The van der Waals surface area contributed by atoms with Crippen LogP contribution in [-0.4, -0.2) is 28.4 Å². The Morgan fingerprint density at radius 3 is 3.09 bits per heavy atom. The van der Waals surface area contributed by atoms with Gasteiger partial charge in [0.25, 0.3) is 5.91 Å². The lowest BCUT2D eigenvalue weighted by atomic mass is 10.1. The van der Waals surface area contributed by atoms with E-state index in [9.17, 15) is 4.79 Å². The first-order valence-electron chi connectivity index (χ1n) is 7.44. The van der Waals surface area contributed by atoms with Crippen LogP contribution in [0.1, 0.15) is 12.6 Å². The van der Waals surface area contributed by atoms with Crippen molar-refractivity contribution in [1.29, 1.82) is 0 Å². The van der Waals surface area contributed by atoms with Crippen molar-refractivity contribution in [2.24, 2.45) is 5.73 Å². The van der Waals surface area contributed by atoms with E-state index in [1.807, 2.05) is 25.1 Å². The van der Waals surface area contributed by atoms with Gasteiger partial charge in [-0.05, 0) is 25.1 Å². The minimum absolute atomic E-state index is 0.0158. The SMILES string of the molecule is CCN1C(=O)COc2ccc(-c3csc4ncc(CN)n34)cc21. The van der Waals surface area contributed by atoms with Gasteiger partial charge in [0, 0.05) is 24.0 Å². The van der Waals surface area contributed by atoms with Crippen molar-refractivity contribution in [3.05, 3.63) is 35.5 Å². The van der Waals surface area contributed by atoms with Gasteiger partial charge in [-0.25, -0.2) is 4.98 Å². The lowest BCUT2D eigenvalue weighted by Crippen LogP contribution is -2.38. The monoisotopic (exact) mass is 328 g/mol. The third-order valence-corrected chi connectivity index (χ3v) is 4.88. The van der Waals surface area contributed by atoms with E-state index in [4.69, 9.17) is 10.5 Å². The van der Waals surface area contributed by atoms with Gasteiger partial charge in [-0.15, -0.1) is 11.3 Å². The van der Waals surface area contributed by atoms with Crippen LogP contribution in [0, 0.1) is 0 Å². The maximum atomic E-state index is 12.0. The maximum Gasteiger partial charge on any atom is 0.265 e. The third-order valence-electron chi connectivity index (χ3n) is 4.04. The van der Waals surface area contributed by atoms with Gasteiger partial charge in [0.05, 0.1) is 23.3 Å². The Hall–Kier alpha value is -2.38. The molecule has 2 aromatic heterocycles. The van der Waals surface area contributed by atoms with Crippen molar-refractivity contribution in [3.8, 4) is 17.0 Å². The van der Waals surface area contributed by atoms with E-state index >= 15 is 0 Å². The molecule has 0 spiro atoms. The van der Waals surface area contributed by atoms with Crippen molar-refractivity contribution in [2.45, 2.75) is 13.5 Å². The molecule has 0 radical (unpaired) electrons. The molecule has 7 heteroatoms. The second-order valence-electron chi connectivity index (χ2n) is 5.30. The highest BCUT2D eigenvalue weighted by Gasteiger charge is 2.25. The fourth-order valence-electron chi connectivity index (χ4n) is 2.92. The number of thiazole rings is 1. The van der Waals surface area contributed by atoms with Crippen LogP contribution in [0.15, 0.2) is 29.8 Å². The molecular weight excluding hydrogens is 312 g/mol. The summed E-state index contributed by atoms with van der Waals surface area (Å²) in [7, 11) is 0. The number of aromatic nitrogens is 2. The molecule has 0 atom stereocenters. The fraction of sp³-hybridized carbons (Fsp3) is 0.250. The summed E-state index contributed by atoms with van der Waals surface area (Å²) in [5.74, 6) is 0.726. The predicted octanol–water partition coefficient (Wildman–Crippen LogP) is 2.27. The molecule has 2 N–H and O–H groups in total. The highest BCUT2D eigenvalue weighted by atomic mass is 32.1. The predicted molar refractivity (Wildman–Crippen MR) is 89.9 cm³/mol. The molecule has 0 unspecified atom stereocenters. The second kappa shape index (κ2) is 5.36. The Morgan fingerprint density at radius 2 is 2.30 bits per heavy atom. The molecule has 1 aromatic carbocycles. The number of hydrogen-bond donors (Lipinski definition) is 1. The maximum absolute atomic E-state index is 12.0. The number of rotatable bonds is 3.